The highest BCUT2D eigenvalue weighted by Crippen LogP contribution is 2.16. The fourth-order valence-corrected chi connectivity index (χ4v) is 2.61. The first-order valence-corrected chi connectivity index (χ1v) is 7.41. The second-order valence-electron chi connectivity index (χ2n) is 4.03. The Bertz CT molecular complexity index is 597. The van der Waals surface area contributed by atoms with Gasteiger partial charge in [0.05, 0.1) is 0 Å². The molecule has 5 nitrogen and oxygen atoms in total. The van der Waals surface area contributed by atoms with E-state index in [9.17, 15) is 4.79 Å². The Hall–Kier alpha value is -1.86. The van der Waals surface area contributed by atoms with E-state index in [0.717, 1.165) is 17.8 Å². The van der Waals surface area contributed by atoms with Crippen LogP contribution in [0.15, 0.2) is 30.3 Å². The van der Waals surface area contributed by atoms with Gasteiger partial charge in [-0.25, -0.2) is 0 Å². The molecule has 104 valence electrons. The summed E-state index contributed by atoms with van der Waals surface area (Å²) >= 11 is 6.52. The third-order valence-electron chi connectivity index (χ3n) is 2.41. The van der Waals surface area contributed by atoms with E-state index in [-0.39, 0.29) is 11.0 Å². The van der Waals surface area contributed by atoms with E-state index in [1.807, 2.05) is 6.07 Å². The summed E-state index contributed by atoms with van der Waals surface area (Å²) in [7, 11) is 0. The fourth-order valence-electron chi connectivity index (χ4n) is 1.51. The van der Waals surface area contributed by atoms with Crippen LogP contribution in [0.5, 0.6) is 0 Å². The summed E-state index contributed by atoms with van der Waals surface area (Å²) in [6.45, 7) is 2.08. The van der Waals surface area contributed by atoms with Crippen molar-refractivity contribution >= 4 is 39.7 Å². The van der Waals surface area contributed by atoms with Gasteiger partial charge in [-0.15, -0.1) is 10.2 Å². The molecule has 0 saturated carbocycles. The number of nitrogens with zero attached hydrogens (tertiary/aromatic N) is 2. The van der Waals surface area contributed by atoms with Crippen molar-refractivity contribution in [2.45, 2.75) is 19.8 Å². The number of amides is 1. The molecule has 2 aromatic rings. The summed E-state index contributed by atoms with van der Waals surface area (Å²) in [6.07, 6.45) is 1.91. The number of anilines is 1. The van der Waals surface area contributed by atoms with E-state index in [1.165, 1.54) is 11.3 Å². The lowest BCUT2D eigenvalue weighted by Crippen LogP contribution is -2.34. The van der Waals surface area contributed by atoms with E-state index in [0.29, 0.717) is 10.7 Å². The summed E-state index contributed by atoms with van der Waals surface area (Å²) < 4.78 is 0. The number of rotatable bonds is 4. The van der Waals surface area contributed by atoms with Gasteiger partial charge >= 0.3 is 0 Å². The molecule has 2 rings (SSSR count). The van der Waals surface area contributed by atoms with Crippen molar-refractivity contribution in [1.29, 1.82) is 0 Å². The second kappa shape index (κ2) is 7.06. The standard InChI is InChI=1S/C13H14N4OS2/c1-2-6-10-16-17-13(20-10)15-12(19)14-11(18)9-7-4-3-5-8-9/h3-5,7-8H,2,6H2,1H3,(H2,14,15,17,18,19). The van der Waals surface area contributed by atoms with Gasteiger partial charge in [0.1, 0.15) is 5.01 Å². The molecule has 0 atom stereocenters. The van der Waals surface area contributed by atoms with Crippen molar-refractivity contribution in [1.82, 2.24) is 15.5 Å². The van der Waals surface area contributed by atoms with Gasteiger partial charge in [0.2, 0.25) is 5.13 Å². The summed E-state index contributed by atoms with van der Waals surface area (Å²) in [4.78, 5) is 11.9. The summed E-state index contributed by atoms with van der Waals surface area (Å²) in [6, 6.07) is 8.90. The van der Waals surface area contributed by atoms with Crippen LogP contribution in [0.4, 0.5) is 5.13 Å². The average Bonchev–Trinajstić information content (AvgIpc) is 2.87. The highest BCUT2D eigenvalue weighted by Gasteiger charge is 2.09. The number of aromatic nitrogens is 2. The SMILES string of the molecule is CCCc1nnc(NC(=S)NC(=O)c2ccccc2)s1. The van der Waals surface area contributed by atoms with Crippen LogP contribution in [0.1, 0.15) is 28.7 Å². The van der Waals surface area contributed by atoms with Crippen molar-refractivity contribution in [2.75, 3.05) is 5.32 Å². The van der Waals surface area contributed by atoms with Crippen LogP contribution in [0.3, 0.4) is 0 Å². The number of carbonyl (C=O) groups is 1. The van der Waals surface area contributed by atoms with E-state index in [1.54, 1.807) is 24.3 Å². The van der Waals surface area contributed by atoms with E-state index in [4.69, 9.17) is 12.2 Å². The smallest absolute Gasteiger partial charge is 0.257 e. The number of thiocarbonyl (C=S) groups is 1. The largest absolute Gasteiger partial charge is 0.307 e. The number of aryl methyl sites for hydroxylation is 1. The van der Waals surface area contributed by atoms with Crippen LogP contribution in [0.25, 0.3) is 0 Å². The minimum atomic E-state index is -0.249. The Morgan fingerprint density at radius 3 is 2.75 bits per heavy atom. The zero-order valence-corrected chi connectivity index (χ0v) is 12.6. The molecule has 0 aliphatic carbocycles. The highest BCUT2D eigenvalue weighted by atomic mass is 32.1. The summed E-state index contributed by atoms with van der Waals surface area (Å²) in [5.41, 5.74) is 0.556. The van der Waals surface area contributed by atoms with Gasteiger partial charge in [0, 0.05) is 12.0 Å². The van der Waals surface area contributed by atoms with Crippen molar-refractivity contribution in [3.05, 3.63) is 40.9 Å². The Morgan fingerprint density at radius 1 is 1.30 bits per heavy atom. The van der Waals surface area contributed by atoms with E-state index >= 15 is 0 Å². The van der Waals surface area contributed by atoms with Crippen LogP contribution in [0.2, 0.25) is 0 Å². The number of nitrogens with one attached hydrogen (secondary N) is 2. The third kappa shape index (κ3) is 4.07. The normalized spacial score (nSPS) is 10.1. The molecule has 0 radical (unpaired) electrons. The predicted octanol–water partition coefficient (Wildman–Crippen LogP) is 2.62. The molecule has 20 heavy (non-hydrogen) atoms. The zero-order valence-electron chi connectivity index (χ0n) is 10.9. The number of benzene rings is 1. The van der Waals surface area contributed by atoms with Crippen LogP contribution in [0, 0.1) is 0 Å². The van der Waals surface area contributed by atoms with Crippen LogP contribution < -0.4 is 10.6 Å². The second-order valence-corrected chi connectivity index (χ2v) is 5.50. The first kappa shape index (κ1) is 14.5. The molecule has 0 fully saturated rings. The fraction of sp³-hybridized carbons (Fsp3) is 0.231. The molecule has 0 saturated heterocycles. The van der Waals surface area contributed by atoms with Gasteiger partial charge in [-0.2, -0.15) is 0 Å². The first-order chi connectivity index (χ1) is 9.69. The van der Waals surface area contributed by atoms with Gasteiger partial charge in [-0.05, 0) is 30.8 Å². The highest BCUT2D eigenvalue weighted by molar-refractivity contribution is 7.80. The molecule has 0 spiro atoms. The zero-order chi connectivity index (χ0) is 14.4. The van der Waals surface area contributed by atoms with E-state index in [2.05, 4.69) is 27.8 Å². The topological polar surface area (TPSA) is 66.9 Å². The molecule has 1 aromatic heterocycles. The molecular formula is C13H14N4OS2. The van der Waals surface area contributed by atoms with Crippen LogP contribution in [-0.4, -0.2) is 21.2 Å². The molecular weight excluding hydrogens is 292 g/mol. The molecule has 0 aliphatic heterocycles. The summed E-state index contributed by atoms with van der Waals surface area (Å²) in [5.74, 6) is -0.249. The number of hydrogen-bond donors (Lipinski definition) is 2. The Balaban J connectivity index is 1.90. The van der Waals surface area contributed by atoms with Gasteiger partial charge in [-0.3, -0.25) is 10.1 Å². The Kier molecular flexibility index (Phi) is 5.14. The van der Waals surface area contributed by atoms with Crippen molar-refractivity contribution in [3.8, 4) is 0 Å². The summed E-state index contributed by atoms with van der Waals surface area (Å²) in [5, 5.41) is 15.2. The van der Waals surface area contributed by atoms with Gasteiger partial charge in [-0.1, -0.05) is 36.5 Å². The van der Waals surface area contributed by atoms with Gasteiger partial charge in [0.15, 0.2) is 5.11 Å². The maximum absolute atomic E-state index is 11.9. The lowest BCUT2D eigenvalue weighted by molar-refractivity contribution is 0.0978. The van der Waals surface area contributed by atoms with Crippen LogP contribution >= 0.6 is 23.6 Å². The van der Waals surface area contributed by atoms with E-state index < -0.39 is 0 Å². The molecule has 0 aliphatic rings. The molecule has 1 heterocycles. The lowest BCUT2D eigenvalue weighted by atomic mass is 10.2. The van der Waals surface area contributed by atoms with Crippen LogP contribution in [-0.2, 0) is 6.42 Å². The predicted molar refractivity (Wildman–Crippen MR) is 84.0 cm³/mol. The molecule has 0 unspecified atom stereocenters. The maximum Gasteiger partial charge on any atom is 0.257 e. The lowest BCUT2D eigenvalue weighted by Gasteiger charge is -2.06. The number of carbonyl (C=O) groups excluding carboxylic acids is 1. The molecule has 0 bridgehead atoms. The third-order valence-corrected chi connectivity index (χ3v) is 3.52. The minimum absolute atomic E-state index is 0.220. The maximum atomic E-state index is 11.9. The quantitative estimate of drug-likeness (QED) is 0.850. The van der Waals surface area contributed by atoms with Crippen molar-refractivity contribution in [3.63, 3.8) is 0 Å². The monoisotopic (exact) mass is 306 g/mol. The molecule has 7 heteroatoms. The van der Waals surface area contributed by atoms with Gasteiger partial charge < -0.3 is 5.32 Å². The molecule has 1 aromatic carbocycles. The average molecular weight is 306 g/mol. The Morgan fingerprint density at radius 2 is 2.05 bits per heavy atom. The molecule has 2 N–H and O–H groups in total. The minimum Gasteiger partial charge on any atom is -0.307 e. The Labute approximate surface area is 126 Å². The first-order valence-electron chi connectivity index (χ1n) is 6.19. The van der Waals surface area contributed by atoms with Crippen molar-refractivity contribution < 1.29 is 4.79 Å². The number of hydrogen-bond acceptors (Lipinski definition) is 5. The van der Waals surface area contributed by atoms with Crippen molar-refractivity contribution in [2.24, 2.45) is 0 Å². The molecule has 1 amide bonds. The van der Waals surface area contributed by atoms with Gasteiger partial charge in [0.25, 0.3) is 5.91 Å².